The van der Waals surface area contributed by atoms with Crippen molar-refractivity contribution in [3.05, 3.63) is 21.9 Å². The third kappa shape index (κ3) is 7.32. The summed E-state index contributed by atoms with van der Waals surface area (Å²) < 4.78 is 0. The lowest BCUT2D eigenvalue weighted by atomic mass is 10.0. The largest absolute Gasteiger partial charge is 0.355 e. The quantitative estimate of drug-likeness (QED) is 0.349. The average Bonchev–Trinajstić information content (AvgIpc) is 3.07. The first-order valence-electron chi connectivity index (χ1n) is 9.48. The molecular formula is C19H36IN5S. The van der Waals surface area contributed by atoms with Gasteiger partial charge in [-0.2, -0.15) is 0 Å². The molecule has 2 heterocycles. The van der Waals surface area contributed by atoms with Crippen molar-refractivity contribution in [2.24, 2.45) is 10.9 Å². The Morgan fingerprint density at radius 1 is 1.15 bits per heavy atom. The minimum absolute atomic E-state index is 0. The van der Waals surface area contributed by atoms with Gasteiger partial charge >= 0.3 is 0 Å². The van der Waals surface area contributed by atoms with Crippen LogP contribution in [-0.2, 0) is 13.0 Å². The van der Waals surface area contributed by atoms with Crippen molar-refractivity contribution in [3.8, 4) is 0 Å². The Kier molecular flexibility index (Phi) is 11.1. The zero-order valence-corrected chi connectivity index (χ0v) is 20.1. The molecule has 1 aliphatic rings. The summed E-state index contributed by atoms with van der Waals surface area (Å²) in [5, 5.41) is 6.99. The molecule has 0 radical (unpaired) electrons. The van der Waals surface area contributed by atoms with Crippen LogP contribution in [-0.4, -0.2) is 68.6 Å². The Bertz CT molecular complexity index is 538. The van der Waals surface area contributed by atoms with Gasteiger partial charge in [-0.25, -0.2) is 0 Å². The lowest BCUT2D eigenvalue weighted by Crippen LogP contribution is -2.55. The van der Waals surface area contributed by atoms with E-state index < -0.39 is 0 Å². The Labute approximate surface area is 180 Å². The van der Waals surface area contributed by atoms with Crippen molar-refractivity contribution in [2.45, 2.75) is 39.8 Å². The molecule has 7 heteroatoms. The average molecular weight is 494 g/mol. The van der Waals surface area contributed by atoms with Crippen molar-refractivity contribution in [3.63, 3.8) is 0 Å². The fourth-order valence-electron chi connectivity index (χ4n) is 3.24. The van der Waals surface area contributed by atoms with Crippen LogP contribution in [0.1, 0.15) is 30.5 Å². The molecule has 1 fully saturated rings. The zero-order chi connectivity index (χ0) is 18.2. The fraction of sp³-hybridized carbons (Fsp3) is 0.737. The predicted octanol–water partition coefficient (Wildman–Crippen LogP) is 2.87. The molecule has 150 valence electrons. The molecule has 1 saturated heterocycles. The Balaban J connectivity index is 0.00000338. The van der Waals surface area contributed by atoms with E-state index in [4.69, 9.17) is 0 Å². The Hall–Kier alpha value is -0.380. The van der Waals surface area contributed by atoms with Gasteiger partial charge in [0.05, 0.1) is 6.54 Å². The summed E-state index contributed by atoms with van der Waals surface area (Å²) >= 11 is 1.88. The van der Waals surface area contributed by atoms with E-state index in [1.807, 2.05) is 18.4 Å². The van der Waals surface area contributed by atoms with Gasteiger partial charge in [0.1, 0.15) is 0 Å². The maximum atomic E-state index is 4.39. The highest BCUT2D eigenvalue weighted by Crippen LogP contribution is 2.16. The van der Waals surface area contributed by atoms with E-state index in [9.17, 15) is 0 Å². The third-order valence-corrected chi connectivity index (χ3v) is 6.20. The number of thiophene rings is 1. The van der Waals surface area contributed by atoms with Gasteiger partial charge < -0.3 is 15.5 Å². The summed E-state index contributed by atoms with van der Waals surface area (Å²) in [5.41, 5.74) is 0. The van der Waals surface area contributed by atoms with E-state index in [2.05, 4.69) is 65.4 Å². The highest BCUT2D eigenvalue weighted by Gasteiger charge is 2.25. The molecule has 1 aromatic heterocycles. The zero-order valence-electron chi connectivity index (χ0n) is 16.9. The van der Waals surface area contributed by atoms with E-state index in [1.54, 1.807) is 0 Å². The number of guanidine groups is 1. The predicted molar refractivity (Wildman–Crippen MR) is 125 cm³/mol. The number of hydrogen-bond donors (Lipinski definition) is 2. The summed E-state index contributed by atoms with van der Waals surface area (Å²) in [5.74, 6) is 1.52. The van der Waals surface area contributed by atoms with Gasteiger partial charge in [-0.1, -0.05) is 20.8 Å². The maximum absolute atomic E-state index is 4.39. The van der Waals surface area contributed by atoms with Gasteiger partial charge in [-0.3, -0.25) is 9.89 Å². The van der Waals surface area contributed by atoms with Crippen LogP contribution in [0, 0.1) is 5.92 Å². The van der Waals surface area contributed by atoms with Crippen LogP contribution < -0.4 is 10.6 Å². The summed E-state index contributed by atoms with van der Waals surface area (Å²) in [4.78, 5) is 12.2. The maximum Gasteiger partial charge on any atom is 0.191 e. The number of nitrogens with zero attached hydrogens (tertiary/aromatic N) is 3. The second-order valence-electron chi connectivity index (χ2n) is 7.18. The summed E-state index contributed by atoms with van der Waals surface area (Å²) in [6.07, 6.45) is 1.11. The molecule has 0 spiro atoms. The standard InChI is InChI=1S/C19H35N5S.HI/c1-6-16-7-8-17(25-16)13-21-19(20-4)22-14-18(15(2)3)24-11-9-23(5)10-12-24;/h7-8,15,18H,6,9-14H2,1-5H3,(H2,20,21,22);1H. The van der Waals surface area contributed by atoms with Crippen LogP contribution in [0.4, 0.5) is 0 Å². The molecule has 1 atom stereocenters. The van der Waals surface area contributed by atoms with Crippen LogP contribution >= 0.6 is 35.3 Å². The molecule has 1 aliphatic heterocycles. The number of aliphatic imine (C=N–C) groups is 1. The molecule has 5 nitrogen and oxygen atoms in total. The number of rotatable bonds is 7. The van der Waals surface area contributed by atoms with Crippen LogP contribution in [0.15, 0.2) is 17.1 Å². The number of likely N-dealkylation sites (N-methyl/N-ethyl adjacent to an activating group) is 1. The minimum atomic E-state index is 0. The lowest BCUT2D eigenvalue weighted by molar-refractivity contribution is 0.0900. The van der Waals surface area contributed by atoms with Crippen molar-refractivity contribution < 1.29 is 0 Å². The normalized spacial score (nSPS) is 17.8. The molecule has 26 heavy (non-hydrogen) atoms. The minimum Gasteiger partial charge on any atom is -0.355 e. The summed E-state index contributed by atoms with van der Waals surface area (Å²) in [6, 6.07) is 4.98. The Morgan fingerprint density at radius 2 is 1.81 bits per heavy atom. The highest BCUT2D eigenvalue weighted by atomic mass is 127. The molecular weight excluding hydrogens is 457 g/mol. The van der Waals surface area contributed by atoms with Gasteiger partial charge in [0.25, 0.3) is 0 Å². The van der Waals surface area contributed by atoms with Crippen molar-refractivity contribution in [2.75, 3.05) is 46.8 Å². The van der Waals surface area contributed by atoms with Gasteiger partial charge in [0.2, 0.25) is 0 Å². The molecule has 1 unspecified atom stereocenters. The van der Waals surface area contributed by atoms with E-state index in [-0.39, 0.29) is 24.0 Å². The SMILES string of the molecule is CCc1ccc(CNC(=NC)NCC(C(C)C)N2CCN(C)CC2)s1.I. The first-order chi connectivity index (χ1) is 12.0. The van der Waals surface area contributed by atoms with Gasteiger partial charge in [0, 0.05) is 55.6 Å². The van der Waals surface area contributed by atoms with E-state index in [0.29, 0.717) is 12.0 Å². The number of halogens is 1. The van der Waals surface area contributed by atoms with Crippen molar-refractivity contribution in [1.29, 1.82) is 0 Å². The number of aryl methyl sites for hydroxylation is 1. The van der Waals surface area contributed by atoms with Gasteiger partial charge in [0.15, 0.2) is 5.96 Å². The first-order valence-corrected chi connectivity index (χ1v) is 10.3. The topological polar surface area (TPSA) is 42.9 Å². The fourth-order valence-corrected chi connectivity index (χ4v) is 4.14. The molecule has 0 aliphatic carbocycles. The summed E-state index contributed by atoms with van der Waals surface area (Å²) in [6.45, 7) is 13.2. The smallest absolute Gasteiger partial charge is 0.191 e. The monoisotopic (exact) mass is 493 g/mol. The molecule has 0 amide bonds. The molecule has 0 bridgehead atoms. The number of hydrogen-bond acceptors (Lipinski definition) is 4. The van der Waals surface area contributed by atoms with Gasteiger partial charge in [-0.05, 0) is 31.5 Å². The van der Waals surface area contributed by atoms with Gasteiger partial charge in [-0.15, -0.1) is 35.3 Å². The summed E-state index contributed by atoms with van der Waals surface area (Å²) in [7, 11) is 4.06. The number of nitrogens with one attached hydrogen (secondary N) is 2. The first kappa shape index (κ1) is 23.7. The third-order valence-electron chi connectivity index (χ3n) is 4.97. The molecule has 2 rings (SSSR count). The van der Waals surface area contributed by atoms with Crippen molar-refractivity contribution in [1.82, 2.24) is 20.4 Å². The number of piperazine rings is 1. The van der Waals surface area contributed by atoms with E-state index in [1.165, 1.54) is 9.75 Å². The Morgan fingerprint density at radius 3 is 2.35 bits per heavy atom. The van der Waals surface area contributed by atoms with Crippen LogP contribution in [0.3, 0.4) is 0 Å². The van der Waals surface area contributed by atoms with E-state index in [0.717, 1.165) is 51.6 Å². The highest BCUT2D eigenvalue weighted by molar-refractivity contribution is 14.0. The molecule has 1 aromatic rings. The second kappa shape index (κ2) is 12.2. The van der Waals surface area contributed by atoms with Crippen LogP contribution in [0.2, 0.25) is 0 Å². The van der Waals surface area contributed by atoms with Crippen molar-refractivity contribution >= 4 is 41.3 Å². The van der Waals surface area contributed by atoms with Crippen LogP contribution in [0.25, 0.3) is 0 Å². The molecule has 0 aromatic carbocycles. The van der Waals surface area contributed by atoms with E-state index >= 15 is 0 Å². The molecule has 2 N–H and O–H groups in total. The molecule has 0 saturated carbocycles. The van der Waals surface area contributed by atoms with Crippen LogP contribution in [0.5, 0.6) is 0 Å². The second-order valence-corrected chi connectivity index (χ2v) is 8.43. The lowest BCUT2D eigenvalue weighted by Gasteiger charge is -2.40.